The number of carbonyl (C=O) groups is 2. The van der Waals surface area contributed by atoms with E-state index < -0.39 is 0 Å². The molecule has 1 N–H and O–H groups in total. The maximum Gasteiger partial charge on any atom is 0.283 e. The number of amidine groups is 1. The Hall–Kier alpha value is -2.97. The molecule has 0 spiro atoms. The first-order chi connectivity index (χ1) is 16.8. The predicted molar refractivity (Wildman–Crippen MR) is 145 cm³/mol. The molecule has 0 bridgehead atoms. The number of hydrogen-bond donors (Lipinski definition) is 1. The van der Waals surface area contributed by atoms with Crippen LogP contribution in [0, 0.1) is 0 Å². The van der Waals surface area contributed by atoms with E-state index in [0.29, 0.717) is 37.4 Å². The van der Waals surface area contributed by atoms with E-state index in [2.05, 4.69) is 10.3 Å². The fourth-order valence-electron chi connectivity index (χ4n) is 3.17. The number of aliphatic imine (C=N–C) groups is 1. The van der Waals surface area contributed by atoms with Crippen LogP contribution in [0.3, 0.4) is 0 Å². The van der Waals surface area contributed by atoms with Crippen LogP contribution in [0.4, 0.5) is 11.4 Å². The molecule has 0 saturated carbocycles. The number of carbonyl (C=O) groups excluding carboxylic acids is 2. The minimum atomic E-state index is -0.310. The minimum absolute atomic E-state index is 0.0201. The minimum Gasteiger partial charge on any atom is -0.497 e. The first-order valence-electron chi connectivity index (χ1n) is 10.3. The average molecular weight is 547 g/mol. The van der Waals surface area contributed by atoms with E-state index in [9.17, 15) is 9.59 Å². The first-order valence-corrected chi connectivity index (χ1v) is 12.4. The van der Waals surface area contributed by atoms with Crippen molar-refractivity contribution in [1.29, 1.82) is 0 Å². The number of thioether (sulfide) groups is 1. The van der Waals surface area contributed by atoms with Crippen LogP contribution in [-0.2, 0) is 9.59 Å². The second kappa shape index (κ2) is 11.2. The zero-order chi connectivity index (χ0) is 24.9. The smallest absolute Gasteiger partial charge is 0.283 e. The van der Waals surface area contributed by atoms with Gasteiger partial charge in [0.15, 0.2) is 5.17 Å². The van der Waals surface area contributed by atoms with E-state index in [1.807, 2.05) is 12.1 Å². The third-order valence-corrected chi connectivity index (χ3v) is 6.80. The van der Waals surface area contributed by atoms with E-state index in [0.717, 1.165) is 17.3 Å². The summed E-state index contributed by atoms with van der Waals surface area (Å²) >= 11 is 19.1. The SMILES string of the molecule is COc1ccc(C=C2N=C(SCC(=O)Nc3ccc(Cl)c(Cl)c3)N(c3ccc(Cl)cc3)C2=O)cc1. The largest absolute Gasteiger partial charge is 0.497 e. The second-order valence-corrected chi connectivity index (χ2v) is 9.47. The van der Waals surface area contributed by atoms with Gasteiger partial charge in [0.1, 0.15) is 11.4 Å². The van der Waals surface area contributed by atoms with Crippen LogP contribution in [0.5, 0.6) is 5.75 Å². The van der Waals surface area contributed by atoms with Gasteiger partial charge in [-0.1, -0.05) is 58.7 Å². The highest BCUT2D eigenvalue weighted by Crippen LogP contribution is 2.31. The Balaban J connectivity index is 1.55. The number of ether oxygens (including phenoxy) is 1. The molecule has 4 rings (SSSR count). The third-order valence-electron chi connectivity index (χ3n) is 4.87. The molecule has 0 aliphatic carbocycles. The molecule has 0 radical (unpaired) electrons. The molecule has 3 aromatic rings. The van der Waals surface area contributed by atoms with Gasteiger partial charge in [-0.15, -0.1) is 0 Å². The summed E-state index contributed by atoms with van der Waals surface area (Å²) in [6.07, 6.45) is 1.69. The number of nitrogens with one attached hydrogen (secondary N) is 1. The van der Waals surface area contributed by atoms with Gasteiger partial charge in [-0.2, -0.15) is 0 Å². The molecule has 178 valence electrons. The van der Waals surface area contributed by atoms with E-state index in [4.69, 9.17) is 39.5 Å². The van der Waals surface area contributed by atoms with Gasteiger partial charge in [0.05, 0.1) is 28.6 Å². The summed E-state index contributed by atoms with van der Waals surface area (Å²) in [6, 6.07) is 18.9. The third kappa shape index (κ3) is 6.18. The van der Waals surface area contributed by atoms with Crippen molar-refractivity contribution in [3.8, 4) is 5.75 Å². The Morgan fingerprint density at radius 3 is 2.40 bits per heavy atom. The highest BCUT2D eigenvalue weighted by molar-refractivity contribution is 8.14. The van der Waals surface area contributed by atoms with Crippen molar-refractivity contribution in [1.82, 2.24) is 0 Å². The first kappa shape index (κ1) is 25.1. The lowest BCUT2D eigenvalue weighted by molar-refractivity contribution is -0.114. The van der Waals surface area contributed by atoms with Crippen molar-refractivity contribution in [2.45, 2.75) is 0 Å². The maximum atomic E-state index is 13.3. The lowest BCUT2D eigenvalue weighted by atomic mass is 10.2. The summed E-state index contributed by atoms with van der Waals surface area (Å²) < 4.78 is 5.18. The topological polar surface area (TPSA) is 71.0 Å². The van der Waals surface area contributed by atoms with Crippen molar-refractivity contribution in [2.24, 2.45) is 4.99 Å². The lowest BCUT2D eigenvalue weighted by Crippen LogP contribution is -2.31. The summed E-state index contributed by atoms with van der Waals surface area (Å²) in [4.78, 5) is 31.8. The number of benzene rings is 3. The van der Waals surface area contributed by atoms with Crippen LogP contribution in [0.2, 0.25) is 15.1 Å². The van der Waals surface area contributed by atoms with Gasteiger partial charge in [0.2, 0.25) is 5.91 Å². The van der Waals surface area contributed by atoms with Gasteiger partial charge >= 0.3 is 0 Å². The van der Waals surface area contributed by atoms with E-state index in [-0.39, 0.29) is 23.3 Å². The van der Waals surface area contributed by atoms with Gasteiger partial charge in [-0.3, -0.25) is 14.5 Å². The number of methoxy groups -OCH3 is 1. The fraction of sp³-hybridized carbons (Fsp3) is 0.0800. The van der Waals surface area contributed by atoms with Crippen LogP contribution in [-0.4, -0.2) is 29.8 Å². The van der Waals surface area contributed by atoms with E-state index in [1.54, 1.807) is 67.8 Å². The van der Waals surface area contributed by atoms with Gasteiger partial charge in [0.25, 0.3) is 5.91 Å². The zero-order valence-electron chi connectivity index (χ0n) is 18.3. The zero-order valence-corrected chi connectivity index (χ0v) is 21.4. The van der Waals surface area contributed by atoms with Gasteiger partial charge in [-0.25, -0.2) is 4.99 Å². The molecule has 0 unspecified atom stereocenters. The van der Waals surface area contributed by atoms with Gasteiger partial charge in [0, 0.05) is 10.7 Å². The molecule has 10 heteroatoms. The number of rotatable bonds is 6. The Morgan fingerprint density at radius 2 is 1.74 bits per heavy atom. The Kier molecular flexibility index (Phi) is 8.03. The molecule has 3 aromatic carbocycles. The van der Waals surface area contributed by atoms with Crippen LogP contribution >= 0.6 is 46.6 Å². The van der Waals surface area contributed by atoms with Crippen molar-refractivity contribution in [3.63, 3.8) is 0 Å². The molecule has 1 aliphatic heterocycles. The highest BCUT2D eigenvalue weighted by Gasteiger charge is 2.32. The van der Waals surface area contributed by atoms with Crippen LogP contribution in [0.1, 0.15) is 5.56 Å². The van der Waals surface area contributed by atoms with Crippen LogP contribution < -0.4 is 15.0 Å². The molecule has 2 amide bonds. The standard InChI is InChI=1S/C25H18Cl3N3O3S/c1-34-19-9-2-15(3-10-19)12-22-24(33)31(18-7-4-16(26)5-8-18)25(30-22)35-14-23(32)29-17-6-11-20(27)21(28)13-17/h2-13H,14H2,1H3,(H,29,32). The number of halogens is 3. The Morgan fingerprint density at radius 1 is 1.03 bits per heavy atom. The van der Waals surface area contributed by atoms with Crippen molar-refractivity contribution < 1.29 is 14.3 Å². The Labute approximate surface area is 221 Å². The quantitative estimate of drug-likeness (QED) is 0.346. The van der Waals surface area contributed by atoms with E-state index >= 15 is 0 Å². The second-order valence-electron chi connectivity index (χ2n) is 7.28. The number of hydrogen-bond acceptors (Lipinski definition) is 5. The van der Waals surface area contributed by atoms with E-state index in [1.165, 1.54) is 4.90 Å². The summed E-state index contributed by atoms with van der Waals surface area (Å²) in [7, 11) is 1.59. The predicted octanol–water partition coefficient (Wildman–Crippen LogP) is 6.77. The molecule has 0 fully saturated rings. The van der Waals surface area contributed by atoms with Gasteiger partial charge in [-0.05, 0) is 66.2 Å². The normalized spacial score (nSPS) is 14.3. The van der Waals surface area contributed by atoms with Crippen molar-refractivity contribution >= 4 is 81.0 Å². The molecule has 35 heavy (non-hydrogen) atoms. The highest BCUT2D eigenvalue weighted by atomic mass is 35.5. The molecular weight excluding hydrogens is 529 g/mol. The number of anilines is 2. The fourth-order valence-corrected chi connectivity index (χ4v) is 4.41. The summed E-state index contributed by atoms with van der Waals surface area (Å²) in [6.45, 7) is 0. The summed E-state index contributed by atoms with van der Waals surface area (Å²) in [5.41, 5.74) is 2.15. The van der Waals surface area contributed by atoms with Crippen LogP contribution in [0.25, 0.3) is 6.08 Å². The molecule has 6 nitrogen and oxygen atoms in total. The lowest BCUT2D eigenvalue weighted by Gasteiger charge is -2.17. The molecule has 0 aromatic heterocycles. The Bertz CT molecular complexity index is 1330. The molecule has 0 atom stereocenters. The van der Waals surface area contributed by atoms with Crippen molar-refractivity contribution in [3.05, 3.63) is 93.1 Å². The molecular formula is C25H18Cl3N3O3S. The molecule has 1 aliphatic rings. The van der Waals surface area contributed by atoms with Crippen LogP contribution in [0.15, 0.2) is 77.4 Å². The number of nitrogens with zero attached hydrogens (tertiary/aromatic N) is 2. The van der Waals surface area contributed by atoms with Gasteiger partial charge < -0.3 is 10.1 Å². The number of amides is 2. The van der Waals surface area contributed by atoms with Crippen molar-refractivity contribution in [2.75, 3.05) is 23.1 Å². The maximum absolute atomic E-state index is 13.3. The summed E-state index contributed by atoms with van der Waals surface area (Å²) in [5, 5.41) is 4.42. The average Bonchev–Trinajstić information content (AvgIpc) is 3.16. The summed E-state index contributed by atoms with van der Waals surface area (Å²) in [5.74, 6) is 0.134. The monoisotopic (exact) mass is 545 g/mol. The molecule has 0 saturated heterocycles. The molecule has 1 heterocycles.